The van der Waals surface area contributed by atoms with E-state index in [1.807, 2.05) is 32.5 Å². The Morgan fingerprint density at radius 2 is 2.13 bits per heavy atom. The lowest BCUT2D eigenvalue weighted by Crippen LogP contribution is -2.28. The van der Waals surface area contributed by atoms with Gasteiger partial charge in [0.15, 0.2) is 5.11 Å². The van der Waals surface area contributed by atoms with Crippen LogP contribution in [0.4, 0.5) is 5.00 Å². The SMILES string of the molecule is COC(=O)c1cc(C)sc1NC(=S)NCc1c(C)nn(C)c1C. The zero-order chi connectivity index (χ0) is 17.1. The summed E-state index contributed by atoms with van der Waals surface area (Å²) in [6.45, 7) is 6.50. The number of methoxy groups -OCH3 is 1. The van der Waals surface area contributed by atoms with Crippen molar-refractivity contribution in [3.8, 4) is 0 Å². The van der Waals surface area contributed by atoms with E-state index in [9.17, 15) is 4.79 Å². The summed E-state index contributed by atoms with van der Waals surface area (Å²) in [5.41, 5.74) is 3.68. The standard InChI is InChI=1S/C15H20N4O2S2/c1-8-6-11(14(20)21-5)13(23-8)17-15(22)16-7-12-9(2)18-19(4)10(12)3/h6H,7H2,1-5H3,(H2,16,17,22). The van der Waals surface area contributed by atoms with Crippen LogP contribution in [0.2, 0.25) is 0 Å². The number of hydrogen-bond donors (Lipinski definition) is 2. The molecule has 0 amide bonds. The predicted octanol–water partition coefficient (Wildman–Crippen LogP) is 2.68. The van der Waals surface area contributed by atoms with Crippen molar-refractivity contribution in [1.82, 2.24) is 15.1 Å². The van der Waals surface area contributed by atoms with Crippen LogP contribution in [0.15, 0.2) is 6.07 Å². The van der Waals surface area contributed by atoms with Crippen LogP contribution >= 0.6 is 23.6 Å². The molecule has 0 radical (unpaired) electrons. The maximum atomic E-state index is 11.8. The number of anilines is 1. The summed E-state index contributed by atoms with van der Waals surface area (Å²) in [6, 6.07) is 1.79. The summed E-state index contributed by atoms with van der Waals surface area (Å²) in [7, 11) is 3.28. The molecule has 0 aromatic carbocycles. The average molecular weight is 352 g/mol. The first-order chi connectivity index (χ1) is 10.8. The number of hydrogen-bond acceptors (Lipinski definition) is 5. The number of nitrogens with one attached hydrogen (secondary N) is 2. The van der Waals surface area contributed by atoms with Crippen molar-refractivity contribution in [3.05, 3.63) is 33.5 Å². The highest BCUT2D eigenvalue weighted by Gasteiger charge is 2.16. The van der Waals surface area contributed by atoms with Crippen LogP contribution in [0.25, 0.3) is 0 Å². The number of aromatic nitrogens is 2. The topological polar surface area (TPSA) is 68.2 Å². The first-order valence-corrected chi connectivity index (χ1v) is 8.28. The van der Waals surface area contributed by atoms with E-state index in [2.05, 4.69) is 15.7 Å². The maximum absolute atomic E-state index is 11.8. The van der Waals surface area contributed by atoms with Crippen LogP contribution in [0.1, 0.15) is 32.2 Å². The highest BCUT2D eigenvalue weighted by Crippen LogP contribution is 2.28. The van der Waals surface area contributed by atoms with Crippen molar-refractivity contribution in [2.75, 3.05) is 12.4 Å². The molecular weight excluding hydrogens is 332 g/mol. The lowest BCUT2D eigenvalue weighted by atomic mass is 10.2. The Balaban J connectivity index is 2.04. The van der Waals surface area contributed by atoms with Gasteiger partial charge in [-0.25, -0.2) is 4.79 Å². The number of rotatable bonds is 4. The molecule has 23 heavy (non-hydrogen) atoms. The first kappa shape index (κ1) is 17.4. The Morgan fingerprint density at radius 3 is 2.70 bits per heavy atom. The van der Waals surface area contributed by atoms with Gasteiger partial charge in [-0.05, 0) is 39.1 Å². The molecule has 0 atom stereocenters. The molecule has 0 saturated heterocycles. The summed E-state index contributed by atoms with van der Waals surface area (Å²) in [5, 5.41) is 11.8. The molecule has 2 aromatic heterocycles. The summed E-state index contributed by atoms with van der Waals surface area (Å²) in [4.78, 5) is 12.8. The predicted molar refractivity (Wildman–Crippen MR) is 96.1 cm³/mol. The summed E-state index contributed by atoms with van der Waals surface area (Å²) >= 11 is 6.79. The second kappa shape index (κ2) is 7.10. The number of aryl methyl sites for hydroxylation is 3. The summed E-state index contributed by atoms with van der Waals surface area (Å²) in [5.74, 6) is -0.376. The molecule has 2 rings (SSSR count). The van der Waals surface area contributed by atoms with E-state index < -0.39 is 0 Å². The third kappa shape index (κ3) is 3.89. The first-order valence-electron chi connectivity index (χ1n) is 7.06. The molecular formula is C15H20N4O2S2. The number of esters is 1. The van der Waals surface area contributed by atoms with Crippen LogP contribution in [0, 0.1) is 20.8 Å². The third-order valence-corrected chi connectivity index (χ3v) is 4.78. The molecule has 0 unspecified atom stereocenters. The molecule has 6 nitrogen and oxygen atoms in total. The highest BCUT2D eigenvalue weighted by molar-refractivity contribution is 7.80. The fraction of sp³-hybridized carbons (Fsp3) is 0.400. The molecule has 2 N–H and O–H groups in total. The molecule has 0 bridgehead atoms. The molecule has 2 heterocycles. The molecule has 0 spiro atoms. The van der Waals surface area contributed by atoms with Crippen molar-refractivity contribution in [2.45, 2.75) is 27.3 Å². The maximum Gasteiger partial charge on any atom is 0.340 e. The minimum absolute atomic E-state index is 0.376. The molecule has 8 heteroatoms. The van der Waals surface area contributed by atoms with E-state index in [1.165, 1.54) is 18.4 Å². The lowest BCUT2D eigenvalue weighted by molar-refractivity contribution is 0.0602. The van der Waals surface area contributed by atoms with E-state index >= 15 is 0 Å². The lowest BCUT2D eigenvalue weighted by Gasteiger charge is -2.10. The monoisotopic (exact) mass is 352 g/mol. The minimum Gasteiger partial charge on any atom is -0.465 e. The highest BCUT2D eigenvalue weighted by atomic mass is 32.1. The number of thiocarbonyl (C=S) groups is 1. The van der Waals surface area contributed by atoms with Crippen LogP contribution < -0.4 is 10.6 Å². The molecule has 2 aromatic rings. The fourth-order valence-corrected chi connectivity index (χ4v) is 3.40. The largest absolute Gasteiger partial charge is 0.465 e. The van der Waals surface area contributed by atoms with Gasteiger partial charge >= 0.3 is 5.97 Å². The Labute approximate surface area is 144 Å². The third-order valence-electron chi connectivity index (χ3n) is 3.57. The minimum atomic E-state index is -0.376. The summed E-state index contributed by atoms with van der Waals surface area (Å²) in [6.07, 6.45) is 0. The quantitative estimate of drug-likeness (QED) is 0.651. The van der Waals surface area contributed by atoms with Gasteiger partial charge in [-0.3, -0.25) is 4.68 Å². The van der Waals surface area contributed by atoms with Crippen molar-refractivity contribution in [2.24, 2.45) is 7.05 Å². The smallest absolute Gasteiger partial charge is 0.340 e. The van der Waals surface area contributed by atoms with Gasteiger partial charge in [-0.15, -0.1) is 11.3 Å². The van der Waals surface area contributed by atoms with Gasteiger partial charge in [0.1, 0.15) is 5.00 Å². The van der Waals surface area contributed by atoms with Crippen LogP contribution in [0.5, 0.6) is 0 Å². The van der Waals surface area contributed by atoms with Crippen LogP contribution in [0.3, 0.4) is 0 Å². The Bertz CT molecular complexity index is 749. The van der Waals surface area contributed by atoms with E-state index in [-0.39, 0.29) is 5.97 Å². The second-order valence-electron chi connectivity index (χ2n) is 5.17. The van der Waals surface area contributed by atoms with Gasteiger partial charge in [0.25, 0.3) is 0 Å². The zero-order valence-electron chi connectivity index (χ0n) is 13.8. The number of ether oxygens (including phenoxy) is 1. The van der Waals surface area contributed by atoms with E-state index in [1.54, 1.807) is 6.07 Å². The normalized spacial score (nSPS) is 10.5. The van der Waals surface area contributed by atoms with Gasteiger partial charge in [0, 0.05) is 29.7 Å². The number of carbonyl (C=O) groups excluding carboxylic acids is 1. The Hall–Kier alpha value is -1.93. The van der Waals surface area contributed by atoms with Crippen LogP contribution in [-0.2, 0) is 18.3 Å². The van der Waals surface area contributed by atoms with Gasteiger partial charge < -0.3 is 15.4 Å². The molecule has 0 saturated carbocycles. The van der Waals surface area contributed by atoms with E-state index in [0.717, 1.165) is 21.8 Å². The van der Waals surface area contributed by atoms with Crippen molar-refractivity contribution >= 4 is 39.6 Å². The number of thiophene rings is 1. The van der Waals surface area contributed by atoms with E-state index in [4.69, 9.17) is 17.0 Å². The Morgan fingerprint density at radius 1 is 1.43 bits per heavy atom. The average Bonchev–Trinajstić information content (AvgIpc) is 2.97. The van der Waals surface area contributed by atoms with Crippen molar-refractivity contribution in [1.29, 1.82) is 0 Å². The fourth-order valence-electron chi connectivity index (χ4n) is 2.26. The molecule has 0 aliphatic heterocycles. The summed E-state index contributed by atoms with van der Waals surface area (Å²) < 4.78 is 6.64. The van der Waals surface area contributed by atoms with Gasteiger partial charge in [0.05, 0.1) is 18.4 Å². The Kier molecular flexibility index (Phi) is 5.38. The second-order valence-corrected chi connectivity index (χ2v) is 6.84. The molecule has 0 aliphatic carbocycles. The number of nitrogens with zero attached hydrogens (tertiary/aromatic N) is 2. The van der Waals surface area contributed by atoms with E-state index in [0.29, 0.717) is 22.2 Å². The molecule has 124 valence electrons. The van der Waals surface area contributed by atoms with Gasteiger partial charge in [0.2, 0.25) is 0 Å². The zero-order valence-corrected chi connectivity index (χ0v) is 15.4. The van der Waals surface area contributed by atoms with Gasteiger partial charge in [-0.2, -0.15) is 5.10 Å². The molecule has 0 aliphatic rings. The molecule has 0 fully saturated rings. The van der Waals surface area contributed by atoms with Crippen LogP contribution in [-0.4, -0.2) is 28.0 Å². The van der Waals surface area contributed by atoms with Gasteiger partial charge in [-0.1, -0.05) is 0 Å². The van der Waals surface area contributed by atoms with Crippen molar-refractivity contribution < 1.29 is 9.53 Å². The van der Waals surface area contributed by atoms with Crippen molar-refractivity contribution in [3.63, 3.8) is 0 Å². The number of carbonyl (C=O) groups is 1.